The summed E-state index contributed by atoms with van der Waals surface area (Å²) in [5.74, 6) is -1.23. The summed E-state index contributed by atoms with van der Waals surface area (Å²) in [5, 5.41) is 1.75. The molecule has 0 saturated carbocycles. The molecule has 8 nitrogen and oxygen atoms in total. The average Bonchev–Trinajstić information content (AvgIpc) is 3.19. The molecule has 0 aromatic carbocycles. The number of aromatic nitrogens is 2. The van der Waals surface area contributed by atoms with Gasteiger partial charge in [-0.15, -0.1) is 11.3 Å². The number of carbonyl (C=O) groups is 2. The number of hydrogen-bond donors (Lipinski definition) is 0. The number of ether oxygens (including phenoxy) is 1. The molecule has 3 heterocycles. The Bertz CT molecular complexity index is 936. The van der Waals surface area contributed by atoms with Gasteiger partial charge in [0, 0.05) is 24.7 Å². The van der Waals surface area contributed by atoms with Gasteiger partial charge in [0.2, 0.25) is 0 Å². The van der Waals surface area contributed by atoms with Gasteiger partial charge in [0.15, 0.2) is 31.7 Å². The van der Waals surface area contributed by atoms with Crippen molar-refractivity contribution in [3.63, 3.8) is 0 Å². The van der Waals surface area contributed by atoms with Crippen molar-refractivity contribution in [3.05, 3.63) is 22.4 Å². The molecule has 1 aliphatic rings. The third kappa shape index (κ3) is 3.51. The maximum Gasteiger partial charge on any atom is 0.359 e. The Morgan fingerprint density at radius 1 is 1.52 bits per heavy atom. The van der Waals surface area contributed by atoms with E-state index in [1.807, 2.05) is 0 Å². The molecule has 136 valence electrons. The minimum atomic E-state index is -3.11. The van der Waals surface area contributed by atoms with Gasteiger partial charge in [0.25, 0.3) is 5.91 Å². The SMILES string of the molecule is C[C@H](OC(=O)c1c(Cl)nc2sccn12)C(=O)N(C)[C@H]1CCS(=O)(=O)C1. The Labute approximate surface area is 153 Å². The van der Waals surface area contributed by atoms with E-state index in [0.29, 0.717) is 11.4 Å². The third-order valence-corrected chi connectivity index (χ3v) is 6.92. The Morgan fingerprint density at radius 2 is 2.24 bits per heavy atom. The summed E-state index contributed by atoms with van der Waals surface area (Å²) in [7, 11) is -1.60. The number of carbonyl (C=O) groups excluding carboxylic acids is 2. The predicted octanol–water partition coefficient (Wildman–Crippen LogP) is 1.24. The molecule has 0 spiro atoms. The zero-order chi connectivity index (χ0) is 18.4. The summed E-state index contributed by atoms with van der Waals surface area (Å²) in [6.45, 7) is 1.44. The molecule has 11 heteroatoms. The molecule has 25 heavy (non-hydrogen) atoms. The van der Waals surface area contributed by atoms with Crippen LogP contribution in [0.5, 0.6) is 0 Å². The normalized spacial score (nSPS) is 20.5. The van der Waals surface area contributed by atoms with Gasteiger partial charge in [0.05, 0.1) is 11.5 Å². The summed E-state index contributed by atoms with van der Waals surface area (Å²) < 4.78 is 29.8. The number of hydrogen-bond acceptors (Lipinski definition) is 7. The summed E-state index contributed by atoms with van der Waals surface area (Å²) in [4.78, 5) is 30.7. The topological polar surface area (TPSA) is 98.0 Å². The number of esters is 1. The van der Waals surface area contributed by atoms with Crippen LogP contribution in [0, 0.1) is 0 Å². The molecule has 3 rings (SSSR count). The Balaban J connectivity index is 1.70. The molecule has 0 radical (unpaired) electrons. The lowest BCUT2D eigenvalue weighted by Gasteiger charge is -2.26. The molecular weight excluding hydrogens is 390 g/mol. The van der Waals surface area contributed by atoms with Crippen LogP contribution in [0.3, 0.4) is 0 Å². The second-order valence-electron chi connectivity index (χ2n) is 5.86. The van der Waals surface area contributed by atoms with Gasteiger partial charge < -0.3 is 9.64 Å². The van der Waals surface area contributed by atoms with Crippen LogP contribution >= 0.6 is 22.9 Å². The van der Waals surface area contributed by atoms with Crippen LogP contribution in [0.4, 0.5) is 0 Å². The van der Waals surface area contributed by atoms with E-state index in [-0.39, 0.29) is 22.4 Å². The van der Waals surface area contributed by atoms with Gasteiger partial charge in [-0.3, -0.25) is 9.20 Å². The van der Waals surface area contributed by atoms with Crippen molar-refractivity contribution in [2.75, 3.05) is 18.6 Å². The van der Waals surface area contributed by atoms with Crippen molar-refractivity contribution in [1.82, 2.24) is 14.3 Å². The monoisotopic (exact) mass is 405 g/mol. The third-order valence-electron chi connectivity index (χ3n) is 4.15. The quantitative estimate of drug-likeness (QED) is 0.710. The lowest BCUT2D eigenvalue weighted by molar-refractivity contribution is -0.140. The molecule has 0 bridgehead atoms. The highest BCUT2D eigenvalue weighted by atomic mass is 35.5. The number of nitrogens with zero attached hydrogens (tertiary/aromatic N) is 3. The number of amides is 1. The largest absolute Gasteiger partial charge is 0.448 e. The summed E-state index contributed by atoms with van der Waals surface area (Å²) in [6.07, 6.45) is 0.952. The number of likely N-dealkylation sites (N-methyl/N-ethyl adjacent to an activating group) is 1. The fourth-order valence-corrected chi connectivity index (χ4v) is 5.54. The number of imidazole rings is 1. The zero-order valence-electron chi connectivity index (χ0n) is 13.5. The van der Waals surface area contributed by atoms with E-state index < -0.39 is 33.9 Å². The first-order valence-corrected chi connectivity index (χ1v) is 10.6. The summed E-state index contributed by atoms with van der Waals surface area (Å²) in [6, 6.07) is -0.402. The van der Waals surface area contributed by atoms with E-state index >= 15 is 0 Å². The number of fused-ring (bicyclic) bond motifs is 1. The molecule has 1 amide bonds. The lowest BCUT2D eigenvalue weighted by Crippen LogP contribution is -2.44. The summed E-state index contributed by atoms with van der Waals surface area (Å²) in [5.41, 5.74) is 0.0589. The van der Waals surface area contributed by atoms with Crippen molar-refractivity contribution in [2.45, 2.75) is 25.5 Å². The molecule has 1 fully saturated rings. The highest BCUT2D eigenvalue weighted by Crippen LogP contribution is 2.23. The summed E-state index contributed by atoms with van der Waals surface area (Å²) >= 11 is 7.29. The van der Waals surface area contributed by atoms with Crippen LogP contribution in [0.25, 0.3) is 4.96 Å². The Morgan fingerprint density at radius 3 is 2.88 bits per heavy atom. The number of thiazole rings is 1. The van der Waals surface area contributed by atoms with Crippen molar-refractivity contribution >= 4 is 49.6 Å². The molecule has 2 aromatic heterocycles. The highest BCUT2D eigenvalue weighted by molar-refractivity contribution is 7.91. The first kappa shape index (κ1) is 18.2. The predicted molar refractivity (Wildman–Crippen MR) is 92.8 cm³/mol. The van der Waals surface area contributed by atoms with Gasteiger partial charge in [-0.2, -0.15) is 0 Å². The Hall–Kier alpha value is -1.65. The van der Waals surface area contributed by atoms with Crippen molar-refractivity contribution in [3.8, 4) is 0 Å². The smallest absolute Gasteiger partial charge is 0.359 e. The number of sulfone groups is 1. The fourth-order valence-electron chi connectivity index (χ4n) is 2.76. The van der Waals surface area contributed by atoms with E-state index in [2.05, 4.69) is 4.98 Å². The Kier molecular flexibility index (Phi) is 4.78. The van der Waals surface area contributed by atoms with E-state index in [9.17, 15) is 18.0 Å². The molecule has 2 aromatic rings. The molecule has 0 aliphatic carbocycles. The first-order valence-electron chi connectivity index (χ1n) is 7.49. The molecule has 1 aliphatic heterocycles. The maximum atomic E-state index is 12.4. The minimum Gasteiger partial charge on any atom is -0.448 e. The minimum absolute atomic E-state index is 0.00624. The van der Waals surface area contributed by atoms with Gasteiger partial charge in [-0.1, -0.05) is 11.6 Å². The second-order valence-corrected chi connectivity index (χ2v) is 9.32. The standard InChI is InChI=1S/C14H16ClN3O5S2/c1-8(12(19)17(2)9-3-6-25(21,22)7-9)23-13(20)10-11(15)16-14-18(10)4-5-24-14/h4-5,8-9H,3,6-7H2,1-2H3/t8-,9-/m0/s1. The first-order chi connectivity index (χ1) is 11.7. The van der Waals surface area contributed by atoms with Crippen LogP contribution in [-0.4, -0.2) is 65.3 Å². The van der Waals surface area contributed by atoms with Crippen molar-refractivity contribution < 1.29 is 22.7 Å². The fraction of sp³-hybridized carbons (Fsp3) is 0.500. The molecule has 0 unspecified atom stereocenters. The van der Waals surface area contributed by atoms with Crippen LogP contribution in [0.1, 0.15) is 23.8 Å². The van der Waals surface area contributed by atoms with E-state index in [4.69, 9.17) is 16.3 Å². The van der Waals surface area contributed by atoms with Crippen LogP contribution in [-0.2, 0) is 19.4 Å². The number of halogens is 1. The number of rotatable bonds is 4. The van der Waals surface area contributed by atoms with Crippen LogP contribution in [0.15, 0.2) is 11.6 Å². The lowest BCUT2D eigenvalue weighted by atomic mass is 10.2. The van der Waals surface area contributed by atoms with Crippen LogP contribution in [0.2, 0.25) is 5.15 Å². The maximum absolute atomic E-state index is 12.4. The molecule has 0 N–H and O–H groups in total. The molecule has 2 atom stereocenters. The van der Waals surface area contributed by atoms with Gasteiger partial charge in [-0.25, -0.2) is 18.2 Å². The van der Waals surface area contributed by atoms with Gasteiger partial charge in [-0.05, 0) is 13.3 Å². The van der Waals surface area contributed by atoms with Crippen molar-refractivity contribution in [1.29, 1.82) is 0 Å². The van der Waals surface area contributed by atoms with Gasteiger partial charge >= 0.3 is 5.97 Å². The van der Waals surface area contributed by atoms with Gasteiger partial charge in [0.1, 0.15) is 0 Å². The van der Waals surface area contributed by atoms with E-state index in [1.165, 1.54) is 34.6 Å². The van der Waals surface area contributed by atoms with Crippen LogP contribution < -0.4 is 0 Å². The highest BCUT2D eigenvalue weighted by Gasteiger charge is 2.35. The molecular formula is C14H16ClN3O5S2. The van der Waals surface area contributed by atoms with E-state index in [1.54, 1.807) is 11.6 Å². The van der Waals surface area contributed by atoms with Crippen molar-refractivity contribution in [2.24, 2.45) is 0 Å². The zero-order valence-corrected chi connectivity index (χ0v) is 15.9. The van der Waals surface area contributed by atoms with E-state index in [0.717, 1.165) is 0 Å². The average molecular weight is 406 g/mol. The second kappa shape index (κ2) is 6.58. The molecule has 1 saturated heterocycles.